The van der Waals surface area contributed by atoms with Crippen molar-refractivity contribution in [3.05, 3.63) is 35.9 Å². The van der Waals surface area contributed by atoms with E-state index in [1.165, 1.54) is 4.90 Å². The lowest BCUT2D eigenvalue weighted by atomic mass is 10.1. The molecule has 1 aliphatic rings. The Labute approximate surface area is 137 Å². The molecule has 0 aromatic heterocycles. The maximum Gasteiger partial charge on any atom is 0.360 e. The van der Waals surface area contributed by atoms with E-state index in [2.05, 4.69) is 0 Å². The first-order valence-corrected chi connectivity index (χ1v) is 8.34. The predicted octanol–water partition coefficient (Wildman–Crippen LogP) is 3.00. The van der Waals surface area contributed by atoms with E-state index in [4.69, 9.17) is 9.47 Å². The van der Waals surface area contributed by atoms with Crippen molar-refractivity contribution in [3.63, 3.8) is 0 Å². The molecule has 126 valence electrons. The number of unbranched alkanes of at least 4 members (excludes halogenated alkanes) is 1. The van der Waals surface area contributed by atoms with Gasteiger partial charge in [-0.1, -0.05) is 31.5 Å². The van der Waals surface area contributed by atoms with Gasteiger partial charge in [0.15, 0.2) is 0 Å². The standard InChI is InChI=1S/C18H25NO4/c1-3-5-14-22-17(21)18(23-4-2)12-9-13-19(18)16(20)15-10-7-6-8-11-15/h6-8,10-11H,3-5,9,12-14H2,1-2H3/t18-/m1/s1. The Morgan fingerprint density at radius 3 is 2.61 bits per heavy atom. The van der Waals surface area contributed by atoms with Crippen molar-refractivity contribution in [2.75, 3.05) is 19.8 Å². The minimum atomic E-state index is -1.28. The van der Waals surface area contributed by atoms with E-state index in [9.17, 15) is 9.59 Å². The first-order valence-electron chi connectivity index (χ1n) is 8.34. The summed E-state index contributed by atoms with van der Waals surface area (Å²) >= 11 is 0. The highest BCUT2D eigenvalue weighted by Gasteiger charge is 2.52. The van der Waals surface area contributed by atoms with Gasteiger partial charge in [-0.25, -0.2) is 4.79 Å². The Morgan fingerprint density at radius 1 is 1.22 bits per heavy atom. The Balaban J connectivity index is 2.22. The van der Waals surface area contributed by atoms with Gasteiger partial charge in [0.25, 0.3) is 5.91 Å². The minimum absolute atomic E-state index is 0.191. The zero-order valence-electron chi connectivity index (χ0n) is 13.9. The number of esters is 1. The lowest BCUT2D eigenvalue weighted by Crippen LogP contribution is -2.55. The molecular weight excluding hydrogens is 294 g/mol. The number of benzene rings is 1. The topological polar surface area (TPSA) is 55.8 Å². The summed E-state index contributed by atoms with van der Waals surface area (Å²) in [7, 11) is 0. The molecule has 1 aliphatic heterocycles. The summed E-state index contributed by atoms with van der Waals surface area (Å²) in [6, 6.07) is 8.98. The molecule has 1 heterocycles. The average molecular weight is 319 g/mol. The van der Waals surface area contributed by atoms with Crippen LogP contribution in [0.2, 0.25) is 0 Å². The van der Waals surface area contributed by atoms with Crippen LogP contribution < -0.4 is 0 Å². The van der Waals surface area contributed by atoms with Gasteiger partial charge in [-0.15, -0.1) is 0 Å². The number of ether oxygens (including phenoxy) is 2. The van der Waals surface area contributed by atoms with Gasteiger partial charge in [-0.2, -0.15) is 0 Å². The Bertz CT molecular complexity index is 531. The van der Waals surface area contributed by atoms with E-state index in [1.807, 2.05) is 32.0 Å². The van der Waals surface area contributed by atoms with Crippen LogP contribution >= 0.6 is 0 Å². The van der Waals surface area contributed by atoms with Crippen LogP contribution in [0.4, 0.5) is 0 Å². The second-order valence-electron chi connectivity index (χ2n) is 5.63. The Morgan fingerprint density at radius 2 is 1.96 bits per heavy atom. The van der Waals surface area contributed by atoms with Gasteiger partial charge >= 0.3 is 5.97 Å². The molecule has 0 radical (unpaired) electrons. The van der Waals surface area contributed by atoms with Gasteiger partial charge in [-0.05, 0) is 31.9 Å². The van der Waals surface area contributed by atoms with Crippen molar-refractivity contribution < 1.29 is 19.1 Å². The van der Waals surface area contributed by atoms with E-state index in [0.717, 1.165) is 19.3 Å². The highest BCUT2D eigenvalue weighted by Crippen LogP contribution is 2.33. The van der Waals surface area contributed by atoms with Crippen molar-refractivity contribution >= 4 is 11.9 Å². The zero-order valence-corrected chi connectivity index (χ0v) is 13.9. The summed E-state index contributed by atoms with van der Waals surface area (Å²) < 4.78 is 11.1. The SMILES string of the molecule is CCCCOC(=O)[C@]1(OCC)CCCN1C(=O)c1ccccc1. The lowest BCUT2D eigenvalue weighted by Gasteiger charge is -2.35. The van der Waals surface area contributed by atoms with Gasteiger partial charge < -0.3 is 14.4 Å². The van der Waals surface area contributed by atoms with Crippen LogP contribution in [-0.4, -0.2) is 42.3 Å². The summed E-state index contributed by atoms with van der Waals surface area (Å²) in [6.45, 7) is 5.06. The third-order valence-corrected chi connectivity index (χ3v) is 4.03. The molecule has 5 nitrogen and oxygen atoms in total. The molecule has 23 heavy (non-hydrogen) atoms. The lowest BCUT2D eigenvalue weighted by molar-refractivity contribution is -0.189. The third-order valence-electron chi connectivity index (χ3n) is 4.03. The van der Waals surface area contributed by atoms with E-state index < -0.39 is 11.7 Å². The molecule has 1 aromatic carbocycles. The van der Waals surface area contributed by atoms with Crippen molar-refractivity contribution in [1.29, 1.82) is 0 Å². The van der Waals surface area contributed by atoms with Gasteiger partial charge in [-0.3, -0.25) is 4.79 Å². The van der Waals surface area contributed by atoms with Crippen LogP contribution in [0.3, 0.4) is 0 Å². The molecule has 1 aromatic rings. The molecular formula is C18H25NO4. The highest BCUT2D eigenvalue weighted by molar-refractivity contribution is 5.98. The van der Waals surface area contributed by atoms with Crippen LogP contribution in [0.1, 0.15) is 49.9 Å². The Hall–Kier alpha value is -1.88. The quantitative estimate of drug-likeness (QED) is 0.573. The average Bonchev–Trinajstić information content (AvgIpc) is 3.00. The first kappa shape index (κ1) is 17.5. The number of carbonyl (C=O) groups excluding carboxylic acids is 2. The van der Waals surface area contributed by atoms with Crippen molar-refractivity contribution in [2.24, 2.45) is 0 Å². The summed E-state index contributed by atoms with van der Waals surface area (Å²) in [5.41, 5.74) is -0.727. The van der Waals surface area contributed by atoms with E-state index >= 15 is 0 Å². The molecule has 0 bridgehead atoms. The summed E-state index contributed by atoms with van der Waals surface area (Å²) in [5, 5.41) is 0. The zero-order chi connectivity index (χ0) is 16.7. The fraction of sp³-hybridized carbons (Fsp3) is 0.556. The molecule has 1 saturated heterocycles. The third kappa shape index (κ3) is 3.72. The van der Waals surface area contributed by atoms with E-state index in [0.29, 0.717) is 31.7 Å². The number of amides is 1. The highest BCUT2D eigenvalue weighted by atomic mass is 16.6. The van der Waals surface area contributed by atoms with Gasteiger partial charge in [0.2, 0.25) is 5.72 Å². The van der Waals surface area contributed by atoms with Crippen molar-refractivity contribution in [2.45, 2.75) is 45.3 Å². The summed E-state index contributed by atoms with van der Waals surface area (Å²) in [5.74, 6) is -0.640. The molecule has 0 spiro atoms. The number of nitrogens with zero attached hydrogens (tertiary/aromatic N) is 1. The number of hydrogen-bond acceptors (Lipinski definition) is 4. The van der Waals surface area contributed by atoms with Gasteiger partial charge in [0.05, 0.1) is 6.61 Å². The molecule has 1 fully saturated rings. The monoisotopic (exact) mass is 319 g/mol. The molecule has 1 amide bonds. The number of likely N-dealkylation sites (tertiary alicyclic amines) is 1. The Kier molecular flexibility index (Phi) is 6.16. The van der Waals surface area contributed by atoms with Crippen LogP contribution in [0.25, 0.3) is 0 Å². The number of rotatable bonds is 7. The molecule has 0 saturated carbocycles. The van der Waals surface area contributed by atoms with Gasteiger partial charge in [0, 0.05) is 25.1 Å². The fourth-order valence-corrected chi connectivity index (χ4v) is 2.88. The summed E-state index contributed by atoms with van der Waals surface area (Å²) in [6.07, 6.45) is 2.95. The van der Waals surface area contributed by atoms with Crippen LogP contribution in [0.5, 0.6) is 0 Å². The minimum Gasteiger partial charge on any atom is -0.462 e. The normalized spacial score (nSPS) is 20.5. The second kappa shape index (κ2) is 8.11. The largest absolute Gasteiger partial charge is 0.462 e. The smallest absolute Gasteiger partial charge is 0.360 e. The number of hydrogen-bond donors (Lipinski definition) is 0. The maximum atomic E-state index is 12.8. The van der Waals surface area contributed by atoms with E-state index in [1.54, 1.807) is 12.1 Å². The molecule has 0 N–H and O–H groups in total. The van der Waals surface area contributed by atoms with Crippen molar-refractivity contribution in [1.82, 2.24) is 4.90 Å². The molecule has 2 rings (SSSR count). The molecule has 1 atom stereocenters. The van der Waals surface area contributed by atoms with Crippen molar-refractivity contribution in [3.8, 4) is 0 Å². The molecule has 0 aliphatic carbocycles. The molecule has 0 unspecified atom stereocenters. The predicted molar refractivity (Wildman–Crippen MR) is 86.9 cm³/mol. The van der Waals surface area contributed by atoms with Crippen LogP contribution in [0, 0.1) is 0 Å². The van der Waals surface area contributed by atoms with Crippen LogP contribution in [-0.2, 0) is 14.3 Å². The second-order valence-corrected chi connectivity index (χ2v) is 5.63. The van der Waals surface area contributed by atoms with Crippen LogP contribution in [0.15, 0.2) is 30.3 Å². The van der Waals surface area contributed by atoms with E-state index in [-0.39, 0.29) is 5.91 Å². The molecule has 5 heteroatoms. The fourth-order valence-electron chi connectivity index (χ4n) is 2.88. The maximum absolute atomic E-state index is 12.8. The summed E-state index contributed by atoms with van der Waals surface area (Å²) in [4.78, 5) is 27.0. The van der Waals surface area contributed by atoms with Gasteiger partial charge in [0.1, 0.15) is 0 Å². The number of carbonyl (C=O) groups is 2. The first-order chi connectivity index (χ1) is 11.2.